The second kappa shape index (κ2) is 9.56. The third-order valence-corrected chi connectivity index (χ3v) is 4.54. The minimum absolute atomic E-state index is 0.521. The van der Waals surface area contributed by atoms with E-state index in [4.69, 9.17) is 4.74 Å². The van der Waals surface area contributed by atoms with Crippen molar-refractivity contribution in [2.75, 3.05) is 26.2 Å². The highest BCUT2D eigenvalue weighted by Gasteiger charge is 2.25. The van der Waals surface area contributed by atoms with Crippen LogP contribution < -0.4 is 10.1 Å². The summed E-state index contributed by atoms with van der Waals surface area (Å²) in [4.78, 5) is 13.0. The van der Waals surface area contributed by atoms with E-state index in [1.165, 1.54) is 43.5 Å². The van der Waals surface area contributed by atoms with Crippen LogP contribution in [0.1, 0.15) is 44.2 Å². The number of nitrogens with zero attached hydrogens (tertiary/aromatic N) is 1. The van der Waals surface area contributed by atoms with E-state index < -0.39 is 0 Å². The van der Waals surface area contributed by atoms with Crippen molar-refractivity contribution in [3.8, 4) is 5.75 Å². The van der Waals surface area contributed by atoms with Crippen LogP contribution in [-0.4, -0.2) is 43.6 Å². The van der Waals surface area contributed by atoms with Gasteiger partial charge < -0.3 is 15.0 Å². The van der Waals surface area contributed by atoms with Gasteiger partial charge in [0, 0.05) is 6.04 Å². The summed E-state index contributed by atoms with van der Waals surface area (Å²) in [6.07, 6.45) is 6.58. The van der Waals surface area contributed by atoms with E-state index >= 15 is 0 Å². The van der Waals surface area contributed by atoms with Crippen LogP contribution >= 0.6 is 0 Å². The number of carbonyl (C=O) groups excluding carboxylic acids is 1. The van der Waals surface area contributed by atoms with Gasteiger partial charge in [-0.1, -0.05) is 26.0 Å². The number of aryl methyl sites for hydroxylation is 1. The highest BCUT2D eigenvalue weighted by molar-refractivity contribution is 5.46. The first-order valence-corrected chi connectivity index (χ1v) is 8.94. The Hall–Kier alpha value is -1.55. The van der Waals surface area contributed by atoms with Crippen LogP contribution in [0, 0.1) is 0 Å². The first-order chi connectivity index (χ1) is 11.3. The third-order valence-electron chi connectivity index (χ3n) is 4.54. The lowest BCUT2D eigenvalue weighted by molar-refractivity contribution is -0.109. The van der Waals surface area contributed by atoms with Gasteiger partial charge in [0.2, 0.25) is 6.41 Å². The summed E-state index contributed by atoms with van der Waals surface area (Å²) in [5.74, 6) is 0.993. The van der Waals surface area contributed by atoms with Crippen LogP contribution in [0.3, 0.4) is 0 Å². The van der Waals surface area contributed by atoms with Crippen molar-refractivity contribution < 1.29 is 9.53 Å². The summed E-state index contributed by atoms with van der Waals surface area (Å²) >= 11 is 0. The fourth-order valence-corrected chi connectivity index (χ4v) is 3.51. The van der Waals surface area contributed by atoms with Crippen LogP contribution in [0.15, 0.2) is 18.2 Å². The van der Waals surface area contributed by atoms with Crippen molar-refractivity contribution >= 4 is 6.41 Å². The topological polar surface area (TPSA) is 41.6 Å². The zero-order valence-corrected chi connectivity index (χ0v) is 14.5. The van der Waals surface area contributed by atoms with Crippen molar-refractivity contribution in [3.05, 3.63) is 29.3 Å². The Morgan fingerprint density at radius 1 is 1.30 bits per heavy atom. The first-order valence-electron chi connectivity index (χ1n) is 8.94. The van der Waals surface area contributed by atoms with Crippen LogP contribution in [-0.2, 0) is 17.6 Å². The second-order valence-electron chi connectivity index (χ2n) is 6.25. The van der Waals surface area contributed by atoms with Gasteiger partial charge in [0.15, 0.2) is 0 Å². The molecule has 2 rings (SSSR count). The molecule has 0 aromatic heterocycles. The van der Waals surface area contributed by atoms with Crippen molar-refractivity contribution in [2.45, 2.75) is 52.0 Å². The van der Waals surface area contributed by atoms with Crippen molar-refractivity contribution in [2.24, 2.45) is 0 Å². The zero-order valence-electron chi connectivity index (χ0n) is 14.5. The van der Waals surface area contributed by atoms with Gasteiger partial charge in [0.1, 0.15) is 12.4 Å². The Morgan fingerprint density at radius 2 is 2.09 bits per heavy atom. The lowest BCUT2D eigenvalue weighted by atomic mass is 9.86. The minimum atomic E-state index is 0.521. The number of ether oxygens (including phenoxy) is 1. The number of carbonyl (C=O) groups is 1. The van der Waals surface area contributed by atoms with E-state index in [0.717, 1.165) is 18.6 Å². The van der Waals surface area contributed by atoms with Crippen LogP contribution in [0.25, 0.3) is 0 Å². The van der Waals surface area contributed by atoms with Gasteiger partial charge in [-0.05, 0) is 62.4 Å². The van der Waals surface area contributed by atoms with Gasteiger partial charge in [-0.3, -0.25) is 4.79 Å². The summed E-state index contributed by atoms with van der Waals surface area (Å²) in [6, 6.07) is 7.00. The van der Waals surface area contributed by atoms with Crippen molar-refractivity contribution in [3.63, 3.8) is 0 Å². The third kappa shape index (κ3) is 4.96. The number of amides is 1. The molecule has 23 heavy (non-hydrogen) atoms. The van der Waals surface area contributed by atoms with E-state index in [9.17, 15) is 4.79 Å². The molecule has 1 aromatic carbocycles. The fraction of sp³-hybridized carbons (Fsp3) is 0.632. The standard InChI is InChI=1S/C19H30N2O2/c1-3-11-21(12-4-2)17-9-8-16-6-5-7-19(18(16)14-17)23-13-10-20-15-22/h5-7,15,17H,3-4,8-14H2,1-2H3,(H,20,22). The predicted octanol–water partition coefficient (Wildman–Crippen LogP) is 2.79. The molecule has 0 spiro atoms. The summed E-state index contributed by atoms with van der Waals surface area (Å²) in [5.41, 5.74) is 2.79. The average molecular weight is 318 g/mol. The average Bonchev–Trinajstić information content (AvgIpc) is 2.58. The Labute approximate surface area is 140 Å². The summed E-state index contributed by atoms with van der Waals surface area (Å²) in [5, 5.41) is 2.65. The first kappa shape index (κ1) is 17.8. The molecule has 1 atom stereocenters. The highest BCUT2D eigenvalue weighted by Crippen LogP contribution is 2.31. The molecule has 0 aliphatic heterocycles. The van der Waals surface area contributed by atoms with Crippen LogP contribution in [0.2, 0.25) is 0 Å². The normalized spacial score (nSPS) is 16.9. The minimum Gasteiger partial charge on any atom is -0.491 e. The molecular formula is C19H30N2O2. The van der Waals surface area contributed by atoms with Crippen LogP contribution in [0.4, 0.5) is 0 Å². The lowest BCUT2D eigenvalue weighted by Crippen LogP contribution is -2.40. The van der Waals surface area contributed by atoms with E-state index in [-0.39, 0.29) is 0 Å². The van der Waals surface area contributed by atoms with E-state index in [0.29, 0.717) is 25.6 Å². The molecule has 0 fully saturated rings. The Balaban J connectivity index is 2.06. The summed E-state index contributed by atoms with van der Waals surface area (Å²) in [6.45, 7) is 7.95. The van der Waals surface area contributed by atoms with E-state index in [1.54, 1.807) is 0 Å². The molecule has 128 valence electrons. The molecule has 1 aliphatic rings. The molecule has 1 unspecified atom stereocenters. The zero-order chi connectivity index (χ0) is 16.5. The van der Waals surface area contributed by atoms with Gasteiger partial charge in [-0.15, -0.1) is 0 Å². The summed E-state index contributed by atoms with van der Waals surface area (Å²) in [7, 11) is 0. The molecule has 4 nitrogen and oxygen atoms in total. The highest BCUT2D eigenvalue weighted by atomic mass is 16.5. The number of hydrogen-bond acceptors (Lipinski definition) is 3. The molecule has 0 saturated heterocycles. The van der Waals surface area contributed by atoms with Gasteiger partial charge in [0.05, 0.1) is 6.54 Å². The number of rotatable bonds is 10. The van der Waals surface area contributed by atoms with E-state index in [1.807, 2.05) is 0 Å². The smallest absolute Gasteiger partial charge is 0.207 e. The maximum Gasteiger partial charge on any atom is 0.207 e. The number of nitrogens with one attached hydrogen (secondary N) is 1. The molecular weight excluding hydrogens is 288 g/mol. The lowest BCUT2D eigenvalue weighted by Gasteiger charge is -2.35. The van der Waals surface area contributed by atoms with E-state index in [2.05, 4.69) is 42.3 Å². The Bertz CT molecular complexity index is 484. The second-order valence-corrected chi connectivity index (χ2v) is 6.25. The Morgan fingerprint density at radius 3 is 2.78 bits per heavy atom. The number of hydrogen-bond donors (Lipinski definition) is 1. The number of benzene rings is 1. The van der Waals surface area contributed by atoms with Gasteiger partial charge in [-0.25, -0.2) is 0 Å². The monoisotopic (exact) mass is 318 g/mol. The van der Waals surface area contributed by atoms with Gasteiger partial charge >= 0.3 is 0 Å². The molecule has 1 aromatic rings. The SMILES string of the molecule is CCCN(CCC)C1CCc2cccc(OCCNC=O)c2C1. The maximum absolute atomic E-state index is 10.3. The molecule has 4 heteroatoms. The summed E-state index contributed by atoms with van der Waals surface area (Å²) < 4.78 is 5.91. The van der Waals surface area contributed by atoms with Gasteiger partial charge in [0.25, 0.3) is 0 Å². The van der Waals surface area contributed by atoms with Gasteiger partial charge in [-0.2, -0.15) is 0 Å². The fourth-order valence-electron chi connectivity index (χ4n) is 3.51. The molecule has 0 bridgehead atoms. The Kier molecular flexibility index (Phi) is 7.40. The molecule has 0 heterocycles. The molecule has 1 N–H and O–H groups in total. The molecule has 0 radical (unpaired) electrons. The van der Waals surface area contributed by atoms with Crippen LogP contribution in [0.5, 0.6) is 5.75 Å². The predicted molar refractivity (Wildman–Crippen MR) is 94.0 cm³/mol. The largest absolute Gasteiger partial charge is 0.491 e. The van der Waals surface area contributed by atoms with Crippen molar-refractivity contribution in [1.29, 1.82) is 0 Å². The maximum atomic E-state index is 10.3. The molecule has 0 saturated carbocycles. The molecule has 1 amide bonds. The van der Waals surface area contributed by atoms with Crippen molar-refractivity contribution in [1.82, 2.24) is 10.2 Å². The molecule has 1 aliphatic carbocycles. The quantitative estimate of drug-likeness (QED) is 0.533. The number of fused-ring (bicyclic) bond motifs is 1.